The number of carboxylic acids is 1. The Balaban J connectivity index is 1.18. The van der Waals surface area contributed by atoms with E-state index < -0.39 is 11.8 Å². The number of halogens is 2. The van der Waals surface area contributed by atoms with Gasteiger partial charge in [0.05, 0.1) is 12.6 Å². The fourth-order valence-corrected chi connectivity index (χ4v) is 5.29. The van der Waals surface area contributed by atoms with Crippen molar-refractivity contribution in [2.45, 2.75) is 51.4 Å². The lowest BCUT2D eigenvalue weighted by molar-refractivity contribution is -0.0591. The molecule has 206 valence electrons. The third-order valence-electron chi connectivity index (χ3n) is 7.41. The minimum atomic E-state index is -1.06. The van der Waals surface area contributed by atoms with Crippen molar-refractivity contribution in [1.82, 2.24) is 24.5 Å². The molecule has 11 heteroatoms. The predicted octanol–water partition coefficient (Wildman–Crippen LogP) is 5.51. The lowest BCUT2D eigenvalue weighted by atomic mass is 9.86. The van der Waals surface area contributed by atoms with E-state index in [0.29, 0.717) is 45.8 Å². The molecule has 1 aromatic carbocycles. The third-order valence-corrected chi connectivity index (χ3v) is 7.64. The fourth-order valence-electron chi connectivity index (χ4n) is 5.13. The molecule has 3 aromatic heterocycles. The molecule has 1 aliphatic carbocycles. The zero-order valence-electron chi connectivity index (χ0n) is 21.6. The van der Waals surface area contributed by atoms with E-state index >= 15 is 0 Å². The number of carbonyl (C=O) groups is 1. The lowest BCUT2D eigenvalue weighted by Gasteiger charge is -2.28. The SMILES string of the molecule is O=C(O)c1ccc2nc(CC3CC=C(c4nccnc4OCc4ccc(Cl)cc4F)CC3)n(C[C@@H]3CCO3)c2n1. The first-order valence-corrected chi connectivity index (χ1v) is 13.6. The molecule has 1 unspecified atom stereocenters. The number of ether oxygens (including phenoxy) is 2. The number of pyridine rings is 1. The van der Waals surface area contributed by atoms with Crippen molar-refractivity contribution in [3.63, 3.8) is 0 Å². The van der Waals surface area contributed by atoms with Crippen LogP contribution in [0.4, 0.5) is 4.39 Å². The second-order valence-corrected chi connectivity index (χ2v) is 10.5. The number of carboxylic acid groups (broad SMARTS) is 1. The normalized spacial score (nSPS) is 18.8. The Morgan fingerprint density at radius 2 is 2.02 bits per heavy atom. The third kappa shape index (κ3) is 5.55. The number of benzene rings is 1. The minimum absolute atomic E-state index is 0.000707. The molecule has 1 fully saturated rings. The summed E-state index contributed by atoms with van der Waals surface area (Å²) in [6.07, 6.45) is 9.62. The van der Waals surface area contributed by atoms with Crippen LogP contribution in [0.1, 0.15) is 53.3 Å². The topological polar surface area (TPSA) is 112 Å². The first kappa shape index (κ1) is 26.3. The van der Waals surface area contributed by atoms with Crippen molar-refractivity contribution in [3.05, 3.63) is 82.4 Å². The van der Waals surface area contributed by atoms with E-state index in [1.54, 1.807) is 30.6 Å². The van der Waals surface area contributed by atoms with Crippen LogP contribution in [-0.2, 0) is 24.3 Å². The Morgan fingerprint density at radius 3 is 2.75 bits per heavy atom. The van der Waals surface area contributed by atoms with Crippen LogP contribution in [-0.4, -0.2) is 48.3 Å². The van der Waals surface area contributed by atoms with Gasteiger partial charge >= 0.3 is 5.97 Å². The molecule has 6 rings (SSSR count). The molecular weight excluding hydrogens is 537 g/mol. The van der Waals surface area contributed by atoms with Crippen LogP contribution < -0.4 is 4.74 Å². The molecule has 0 radical (unpaired) electrons. The predicted molar refractivity (Wildman–Crippen MR) is 146 cm³/mol. The molecule has 40 heavy (non-hydrogen) atoms. The highest BCUT2D eigenvalue weighted by molar-refractivity contribution is 6.30. The van der Waals surface area contributed by atoms with Gasteiger partial charge in [0.1, 0.15) is 29.5 Å². The Bertz CT molecular complexity index is 1600. The summed E-state index contributed by atoms with van der Waals surface area (Å²) >= 11 is 5.86. The summed E-state index contributed by atoms with van der Waals surface area (Å²) in [4.78, 5) is 29.6. The largest absolute Gasteiger partial charge is 0.477 e. The van der Waals surface area contributed by atoms with Gasteiger partial charge < -0.3 is 19.1 Å². The van der Waals surface area contributed by atoms with E-state index in [-0.39, 0.29) is 18.4 Å². The summed E-state index contributed by atoms with van der Waals surface area (Å²) in [6.45, 7) is 1.35. The summed E-state index contributed by atoms with van der Waals surface area (Å²) in [5.74, 6) is 0.0958. The number of aromatic nitrogens is 5. The maximum Gasteiger partial charge on any atom is 0.354 e. The van der Waals surface area contributed by atoms with Crippen molar-refractivity contribution in [3.8, 4) is 5.88 Å². The fraction of sp³-hybridized carbons (Fsp3) is 0.345. The summed E-state index contributed by atoms with van der Waals surface area (Å²) < 4.78 is 27.8. The average Bonchev–Trinajstić information content (AvgIpc) is 3.26. The Hall–Kier alpha value is -3.89. The number of rotatable bonds is 9. The molecule has 9 nitrogen and oxygen atoms in total. The van der Waals surface area contributed by atoms with Crippen LogP contribution in [0.25, 0.3) is 16.7 Å². The quantitative estimate of drug-likeness (QED) is 0.284. The van der Waals surface area contributed by atoms with Crippen LogP contribution in [0.3, 0.4) is 0 Å². The zero-order valence-corrected chi connectivity index (χ0v) is 22.4. The van der Waals surface area contributed by atoms with Crippen molar-refractivity contribution in [2.75, 3.05) is 6.61 Å². The summed E-state index contributed by atoms with van der Waals surface area (Å²) in [5.41, 5.74) is 3.36. The van der Waals surface area contributed by atoms with E-state index in [4.69, 9.17) is 26.1 Å². The maximum atomic E-state index is 14.2. The minimum Gasteiger partial charge on any atom is -0.477 e. The molecule has 1 saturated heterocycles. The van der Waals surface area contributed by atoms with E-state index in [9.17, 15) is 14.3 Å². The Labute approximate surface area is 234 Å². The molecule has 0 spiro atoms. The molecule has 0 saturated carbocycles. The molecule has 2 atom stereocenters. The highest BCUT2D eigenvalue weighted by Crippen LogP contribution is 2.35. The van der Waals surface area contributed by atoms with Crippen LogP contribution in [0.2, 0.25) is 5.02 Å². The second-order valence-electron chi connectivity index (χ2n) is 10.1. The average molecular weight is 564 g/mol. The van der Waals surface area contributed by atoms with Gasteiger partial charge in [0.15, 0.2) is 11.3 Å². The number of hydrogen-bond acceptors (Lipinski definition) is 7. The van der Waals surface area contributed by atoms with Crippen molar-refractivity contribution in [1.29, 1.82) is 0 Å². The van der Waals surface area contributed by atoms with Gasteiger partial charge in [-0.2, -0.15) is 0 Å². The monoisotopic (exact) mass is 563 g/mol. The summed E-state index contributed by atoms with van der Waals surface area (Å²) in [6, 6.07) is 7.69. The number of hydrogen-bond donors (Lipinski definition) is 1. The summed E-state index contributed by atoms with van der Waals surface area (Å²) in [5, 5.41) is 9.76. The van der Waals surface area contributed by atoms with Gasteiger partial charge in [-0.1, -0.05) is 23.7 Å². The molecule has 1 aliphatic heterocycles. The molecule has 1 N–H and O–H groups in total. The van der Waals surface area contributed by atoms with Gasteiger partial charge in [-0.15, -0.1) is 0 Å². The van der Waals surface area contributed by atoms with Gasteiger partial charge in [0.25, 0.3) is 0 Å². The van der Waals surface area contributed by atoms with Gasteiger partial charge in [-0.25, -0.2) is 29.1 Å². The molecule has 0 bridgehead atoms. The molecule has 0 amide bonds. The van der Waals surface area contributed by atoms with E-state index in [1.807, 2.05) is 4.57 Å². The Kier molecular flexibility index (Phi) is 7.44. The first-order chi connectivity index (χ1) is 19.4. The highest BCUT2D eigenvalue weighted by Gasteiger charge is 2.26. The number of imidazole rings is 1. The summed E-state index contributed by atoms with van der Waals surface area (Å²) in [7, 11) is 0. The van der Waals surface area contributed by atoms with Gasteiger partial charge in [-0.05, 0) is 61.4 Å². The molecular formula is C29H27ClFN5O4. The van der Waals surface area contributed by atoms with Gasteiger partial charge in [-0.3, -0.25) is 0 Å². The second kappa shape index (κ2) is 11.3. The van der Waals surface area contributed by atoms with E-state index in [1.165, 1.54) is 12.1 Å². The van der Waals surface area contributed by atoms with Crippen molar-refractivity contribution in [2.24, 2.45) is 5.92 Å². The van der Waals surface area contributed by atoms with E-state index in [2.05, 4.69) is 21.0 Å². The number of fused-ring (bicyclic) bond motifs is 1. The lowest BCUT2D eigenvalue weighted by Crippen LogP contribution is -2.32. The van der Waals surface area contributed by atoms with Crippen molar-refractivity contribution < 1.29 is 23.8 Å². The number of nitrogens with zero attached hydrogens (tertiary/aromatic N) is 5. The first-order valence-electron chi connectivity index (χ1n) is 13.2. The smallest absolute Gasteiger partial charge is 0.354 e. The molecule has 2 aliphatic rings. The van der Waals surface area contributed by atoms with E-state index in [0.717, 1.165) is 50.1 Å². The van der Waals surface area contributed by atoms with Crippen LogP contribution >= 0.6 is 11.6 Å². The van der Waals surface area contributed by atoms with Crippen LogP contribution in [0.5, 0.6) is 5.88 Å². The number of aromatic carboxylic acids is 1. The van der Waals surface area contributed by atoms with Gasteiger partial charge in [0.2, 0.25) is 5.88 Å². The highest BCUT2D eigenvalue weighted by atomic mass is 35.5. The molecule has 4 heterocycles. The Morgan fingerprint density at radius 1 is 1.18 bits per heavy atom. The van der Waals surface area contributed by atoms with Crippen LogP contribution in [0.15, 0.2) is 48.8 Å². The van der Waals surface area contributed by atoms with Crippen molar-refractivity contribution >= 4 is 34.3 Å². The molecule has 4 aromatic rings. The number of allylic oxidation sites excluding steroid dienone is 2. The van der Waals surface area contributed by atoms with Gasteiger partial charge in [0, 0.05) is 36.0 Å². The zero-order chi connectivity index (χ0) is 27.6. The standard InChI is InChI=1S/C29H27ClFN5O4/c30-20-6-5-19(22(31)14-20)16-40-28-26(32-10-11-33-28)18-3-1-17(2-4-18)13-25-34-23-7-8-24(29(37)38)35-27(23)36(25)15-21-9-12-39-21/h3,5-8,10-11,14,17,21H,1-2,4,9,12-13,15-16H2,(H,37,38)/t17?,21-/m0/s1. The van der Waals surface area contributed by atoms with Crippen LogP contribution in [0, 0.1) is 11.7 Å². The maximum absolute atomic E-state index is 14.2.